The van der Waals surface area contributed by atoms with E-state index in [1.165, 1.54) is 11.3 Å². The highest BCUT2D eigenvalue weighted by Crippen LogP contribution is 2.25. The van der Waals surface area contributed by atoms with Crippen LogP contribution in [0.4, 0.5) is 5.13 Å². The third-order valence-electron chi connectivity index (χ3n) is 4.18. The van der Waals surface area contributed by atoms with Gasteiger partial charge in [-0.25, -0.2) is 4.98 Å². The largest absolute Gasteiger partial charge is 0.298 e. The van der Waals surface area contributed by atoms with Gasteiger partial charge in [-0.1, -0.05) is 60.1 Å². The predicted molar refractivity (Wildman–Crippen MR) is 112 cm³/mol. The normalized spacial score (nSPS) is 10.8. The molecule has 7 heteroatoms. The Morgan fingerprint density at radius 1 is 1.07 bits per heavy atom. The number of anilines is 1. The monoisotopic (exact) mass is 408 g/mol. The average Bonchev–Trinajstić information content (AvgIpc) is 3.34. The summed E-state index contributed by atoms with van der Waals surface area (Å²) in [7, 11) is 0. The lowest BCUT2D eigenvalue weighted by Gasteiger charge is -2.01. The maximum absolute atomic E-state index is 12.5. The van der Waals surface area contributed by atoms with Crippen molar-refractivity contribution in [3.05, 3.63) is 99.8 Å². The Balaban J connectivity index is 1.39. The molecule has 2 aromatic carbocycles. The second kappa shape index (κ2) is 8.37. The zero-order valence-electron chi connectivity index (χ0n) is 14.9. The number of thiazole rings is 1. The molecule has 1 N–H and O–H groups in total. The molecule has 0 radical (unpaired) electrons. The molecule has 0 aliphatic carbocycles. The fourth-order valence-corrected chi connectivity index (χ4v) is 3.82. The van der Waals surface area contributed by atoms with Crippen LogP contribution in [0.2, 0.25) is 5.02 Å². The minimum atomic E-state index is -0.224. The fraction of sp³-hybridized carbons (Fsp3) is 0.0952. The second-order valence-corrected chi connectivity index (χ2v) is 7.79. The summed E-state index contributed by atoms with van der Waals surface area (Å²) in [6, 6.07) is 17.7. The zero-order valence-corrected chi connectivity index (χ0v) is 16.5. The number of hydrogen-bond acceptors (Lipinski definition) is 4. The molecule has 4 rings (SSSR count). The van der Waals surface area contributed by atoms with E-state index < -0.39 is 0 Å². The molecular formula is C21H17ClN4OS. The van der Waals surface area contributed by atoms with Crippen molar-refractivity contribution in [2.45, 2.75) is 13.0 Å². The highest BCUT2D eigenvalue weighted by atomic mass is 35.5. The maximum Gasteiger partial charge on any atom is 0.260 e. The van der Waals surface area contributed by atoms with Crippen molar-refractivity contribution in [1.29, 1.82) is 0 Å². The number of halogens is 1. The van der Waals surface area contributed by atoms with Crippen molar-refractivity contribution < 1.29 is 4.79 Å². The minimum absolute atomic E-state index is 0.224. The van der Waals surface area contributed by atoms with Crippen LogP contribution in [-0.2, 0) is 13.0 Å². The molecule has 28 heavy (non-hydrogen) atoms. The first-order chi connectivity index (χ1) is 13.7. The fourth-order valence-electron chi connectivity index (χ4n) is 2.78. The number of amides is 1. The molecule has 0 spiro atoms. The zero-order chi connectivity index (χ0) is 19.3. The lowest BCUT2D eigenvalue weighted by molar-refractivity contribution is 0.102. The Kier molecular flexibility index (Phi) is 5.50. The van der Waals surface area contributed by atoms with Crippen LogP contribution in [0.1, 0.15) is 26.4 Å². The van der Waals surface area contributed by atoms with Crippen LogP contribution in [0.5, 0.6) is 0 Å². The van der Waals surface area contributed by atoms with Gasteiger partial charge in [0, 0.05) is 28.7 Å². The van der Waals surface area contributed by atoms with Crippen molar-refractivity contribution in [2.24, 2.45) is 0 Å². The van der Waals surface area contributed by atoms with Gasteiger partial charge in [-0.3, -0.25) is 14.8 Å². The lowest BCUT2D eigenvalue weighted by atomic mass is 10.1. The predicted octanol–water partition coefficient (Wildman–Crippen LogP) is 4.88. The first-order valence-electron chi connectivity index (χ1n) is 8.73. The lowest BCUT2D eigenvalue weighted by Crippen LogP contribution is -2.10. The summed E-state index contributed by atoms with van der Waals surface area (Å²) in [5.74, 6) is -0.224. The van der Waals surface area contributed by atoms with E-state index in [1.807, 2.05) is 54.6 Å². The van der Waals surface area contributed by atoms with E-state index in [2.05, 4.69) is 15.4 Å². The van der Waals surface area contributed by atoms with Crippen LogP contribution in [0.15, 0.2) is 73.2 Å². The Bertz CT molecular complexity index is 1090. The highest BCUT2D eigenvalue weighted by molar-refractivity contribution is 7.15. The van der Waals surface area contributed by atoms with Gasteiger partial charge in [0.2, 0.25) is 0 Å². The standard InChI is InChI=1S/C21H17ClN4OS/c22-19-9-5-4-8-16(19)10-18-12-23-21(28-18)25-20(27)17-11-24-26(14-17)13-15-6-2-1-3-7-15/h1-9,11-12,14H,10,13H2,(H,23,25,27). The van der Waals surface area contributed by atoms with E-state index in [0.29, 0.717) is 23.7 Å². The first kappa shape index (κ1) is 18.4. The van der Waals surface area contributed by atoms with Gasteiger partial charge in [0.25, 0.3) is 5.91 Å². The van der Waals surface area contributed by atoms with Crippen LogP contribution in [0, 0.1) is 0 Å². The third-order valence-corrected chi connectivity index (χ3v) is 5.46. The molecule has 0 unspecified atom stereocenters. The molecule has 0 saturated carbocycles. The van der Waals surface area contributed by atoms with Gasteiger partial charge in [-0.2, -0.15) is 5.10 Å². The summed E-state index contributed by atoms with van der Waals surface area (Å²) in [6.45, 7) is 0.618. The van der Waals surface area contributed by atoms with E-state index >= 15 is 0 Å². The molecule has 0 aliphatic rings. The summed E-state index contributed by atoms with van der Waals surface area (Å²) in [4.78, 5) is 17.8. The van der Waals surface area contributed by atoms with Gasteiger partial charge >= 0.3 is 0 Å². The van der Waals surface area contributed by atoms with E-state index in [9.17, 15) is 4.79 Å². The number of carbonyl (C=O) groups excluding carboxylic acids is 1. The molecule has 0 atom stereocenters. The SMILES string of the molecule is O=C(Nc1ncc(Cc2ccccc2Cl)s1)c1cnn(Cc2ccccc2)c1. The summed E-state index contributed by atoms with van der Waals surface area (Å²) in [5, 5.41) is 8.39. The van der Waals surface area contributed by atoms with Crippen molar-refractivity contribution >= 4 is 34.0 Å². The molecule has 2 aromatic heterocycles. The van der Waals surface area contributed by atoms with Crippen molar-refractivity contribution in [3.8, 4) is 0 Å². The van der Waals surface area contributed by atoms with Crippen LogP contribution < -0.4 is 5.32 Å². The molecule has 2 heterocycles. The molecule has 0 bridgehead atoms. The van der Waals surface area contributed by atoms with Crippen LogP contribution in [-0.4, -0.2) is 20.7 Å². The van der Waals surface area contributed by atoms with Crippen LogP contribution >= 0.6 is 22.9 Å². The number of nitrogens with one attached hydrogen (secondary N) is 1. The van der Waals surface area contributed by atoms with Crippen LogP contribution in [0.25, 0.3) is 0 Å². The molecule has 0 fully saturated rings. The third kappa shape index (κ3) is 4.47. The highest BCUT2D eigenvalue weighted by Gasteiger charge is 2.12. The smallest absolute Gasteiger partial charge is 0.260 e. The Hall–Kier alpha value is -2.96. The Labute approximate surface area is 171 Å². The van der Waals surface area contributed by atoms with E-state index in [-0.39, 0.29) is 5.91 Å². The van der Waals surface area contributed by atoms with Crippen molar-refractivity contribution in [1.82, 2.24) is 14.8 Å². The van der Waals surface area contributed by atoms with Gasteiger partial charge in [-0.15, -0.1) is 11.3 Å². The summed E-state index contributed by atoms with van der Waals surface area (Å²) in [6.07, 6.45) is 5.75. The topological polar surface area (TPSA) is 59.8 Å². The number of aromatic nitrogens is 3. The molecule has 140 valence electrons. The van der Waals surface area contributed by atoms with Crippen LogP contribution in [0.3, 0.4) is 0 Å². The van der Waals surface area contributed by atoms with E-state index in [1.54, 1.807) is 23.3 Å². The summed E-state index contributed by atoms with van der Waals surface area (Å²) in [5.41, 5.74) is 2.66. The quantitative estimate of drug-likeness (QED) is 0.494. The van der Waals surface area contributed by atoms with E-state index in [4.69, 9.17) is 11.6 Å². The van der Waals surface area contributed by atoms with Gasteiger partial charge < -0.3 is 0 Å². The van der Waals surface area contributed by atoms with Gasteiger partial charge in [0.05, 0.1) is 18.3 Å². The molecule has 4 aromatic rings. The van der Waals surface area contributed by atoms with Crippen molar-refractivity contribution in [2.75, 3.05) is 5.32 Å². The molecule has 1 amide bonds. The van der Waals surface area contributed by atoms with Gasteiger partial charge in [0.15, 0.2) is 5.13 Å². The number of rotatable bonds is 6. The Morgan fingerprint density at radius 2 is 1.86 bits per heavy atom. The molecule has 5 nitrogen and oxygen atoms in total. The van der Waals surface area contributed by atoms with Gasteiger partial charge in [0.1, 0.15) is 0 Å². The van der Waals surface area contributed by atoms with Gasteiger partial charge in [-0.05, 0) is 17.2 Å². The Morgan fingerprint density at radius 3 is 2.68 bits per heavy atom. The minimum Gasteiger partial charge on any atom is -0.298 e. The number of benzene rings is 2. The number of hydrogen-bond donors (Lipinski definition) is 1. The molecule has 0 saturated heterocycles. The van der Waals surface area contributed by atoms with Crippen molar-refractivity contribution in [3.63, 3.8) is 0 Å². The summed E-state index contributed by atoms with van der Waals surface area (Å²) < 4.78 is 1.74. The summed E-state index contributed by atoms with van der Waals surface area (Å²) >= 11 is 7.65. The number of nitrogens with zero attached hydrogens (tertiary/aromatic N) is 3. The molecular weight excluding hydrogens is 392 g/mol. The first-order valence-corrected chi connectivity index (χ1v) is 9.92. The second-order valence-electron chi connectivity index (χ2n) is 6.27. The number of carbonyl (C=O) groups is 1. The average molecular weight is 409 g/mol. The van der Waals surface area contributed by atoms with E-state index in [0.717, 1.165) is 21.0 Å². The maximum atomic E-state index is 12.5. The molecule has 0 aliphatic heterocycles.